The van der Waals surface area contributed by atoms with Crippen LogP contribution in [0.25, 0.3) is 0 Å². The molecular formula is C11H21N3O2S2. The summed E-state index contributed by atoms with van der Waals surface area (Å²) in [5, 5.41) is 8.94. The minimum atomic E-state index is -3.50. The van der Waals surface area contributed by atoms with Crippen molar-refractivity contribution in [3.05, 3.63) is 15.6 Å². The fourth-order valence-electron chi connectivity index (χ4n) is 1.60. The van der Waals surface area contributed by atoms with Crippen molar-refractivity contribution in [2.24, 2.45) is 5.14 Å². The smallest absolute Gasteiger partial charge is 0.215 e. The summed E-state index contributed by atoms with van der Waals surface area (Å²) in [6.45, 7) is 7.90. The van der Waals surface area contributed by atoms with E-state index in [0.29, 0.717) is 5.01 Å². The first-order valence-corrected chi connectivity index (χ1v) is 8.56. The number of primary sulfonamides is 1. The average molecular weight is 291 g/mol. The molecule has 18 heavy (non-hydrogen) atoms. The van der Waals surface area contributed by atoms with Crippen LogP contribution in [0.4, 0.5) is 0 Å². The highest BCUT2D eigenvalue weighted by atomic mass is 32.2. The van der Waals surface area contributed by atoms with Gasteiger partial charge in [-0.2, -0.15) is 0 Å². The van der Waals surface area contributed by atoms with Crippen LogP contribution in [0.15, 0.2) is 0 Å². The van der Waals surface area contributed by atoms with Gasteiger partial charge in [0.1, 0.15) is 10.8 Å². The third-order valence-electron chi connectivity index (χ3n) is 2.36. The van der Waals surface area contributed by atoms with Crippen molar-refractivity contribution in [2.75, 3.05) is 6.54 Å². The number of hydrogen-bond donors (Lipinski definition) is 2. The Kier molecular flexibility index (Phi) is 5.71. The van der Waals surface area contributed by atoms with E-state index in [4.69, 9.17) is 5.14 Å². The normalized spacial score (nSPS) is 12.3. The second kappa shape index (κ2) is 6.60. The van der Waals surface area contributed by atoms with E-state index < -0.39 is 10.0 Å². The van der Waals surface area contributed by atoms with Crippen LogP contribution < -0.4 is 10.5 Å². The van der Waals surface area contributed by atoms with Crippen molar-refractivity contribution in [1.29, 1.82) is 0 Å². The van der Waals surface area contributed by atoms with E-state index in [9.17, 15) is 8.42 Å². The summed E-state index contributed by atoms with van der Waals surface area (Å²) >= 11 is 1.43. The van der Waals surface area contributed by atoms with Crippen molar-refractivity contribution in [2.45, 2.75) is 45.4 Å². The zero-order chi connectivity index (χ0) is 13.8. The molecule has 0 spiro atoms. The zero-order valence-corrected chi connectivity index (χ0v) is 12.7. The standard InChI is InChI=1S/C11H21N3O2S2/c1-4-5-13-6-9-11(8(2)3)14-10(17-9)7-18(12,15)16/h8,13H,4-7H2,1-3H3,(H2,12,15,16). The maximum atomic E-state index is 11.1. The van der Waals surface area contributed by atoms with Crippen molar-refractivity contribution in [1.82, 2.24) is 10.3 Å². The molecule has 0 saturated heterocycles. The molecule has 1 aromatic rings. The summed E-state index contributed by atoms with van der Waals surface area (Å²) in [7, 11) is -3.50. The molecule has 0 aliphatic carbocycles. The van der Waals surface area contributed by atoms with Gasteiger partial charge in [0.2, 0.25) is 10.0 Å². The molecule has 1 heterocycles. The molecule has 3 N–H and O–H groups in total. The lowest BCUT2D eigenvalue weighted by atomic mass is 10.1. The minimum absolute atomic E-state index is 0.175. The lowest BCUT2D eigenvalue weighted by Crippen LogP contribution is -2.14. The van der Waals surface area contributed by atoms with Gasteiger partial charge < -0.3 is 5.32 Å². The summed E-state index contributed by atoms with van der Waals surface area (Å²) in [6, 6.07) is 0. The van der Waals surface area contributed by atoms with Gasteiger partial charge in [-0.15, -0.1) is 11.3 Å². The number of nitrogens with two attached hydrogens (primary N) is 1. The van der Waals surface area contributed by atoms with Gasteiger partial charge >= 0.3 is 0 Å². The number of hydrogen-bond acceptors (Lipinski definition) is 5. The van der Waals surface area contributed by atoms with E-state index in [-0.39, 0.29) is 11.7 Å². The third-order valence-corrected chi connectivity index (χ3v) is 4.29. The maximum Gasteiger partial charge on any atom is 0.215 e. The van der Waals surface area contributed by atoms with Crippen molar-refractivity contribution in [3.63, 3.8) is 0 Å². The molecule has 104 valence electrons. The van der Waals surface area contributed by atoms with Crippen LogP contribution >= 0.6 is 11.3 Å². The van der Waals surface area contributed by atoms with E-state index in [1.165, 1.54) is 11.3 Å². The first kappa shape index (κ1) is 15.6. The van der Waals surface area contributed by atoms with Crippen LogP contribution in [0.5, 0.6) is 0 Å². The molecule has 1 rings (SSSR count). The molecule has 0 aliphatic rings. The van der Waals surface area contributed by atoms with Crippen LogP contribution in [0.1, 0.15) is 48.7 Å². The van der Waals surface area contributed by atoms with Gasteiger partial charge in [0.25, 0.3) is 0 Å². The van der Waals surface area contributed by atoms with Crippen LogP contribution in [-0.4, -0.2) is 19.9 Å². The summed E-state index contributed by atoms with van der Waals surface area (Å²) in [5.41, 5.74) is 0.974. The highest BCUT2D eigenvalue weighted by Crippen LogP contribution is 2.25. The van der Waals surface area contributed by atoms with E-state index in [1.54, 1.807) is 0 Å². The second-order valence-corrected chi connectivity index (χ2v) is 7.34. The maximum absolute atomic E-state index is 11.1. The lowest BCUT2D eigenvalue weighted by molar-refractivity contribution is 0.596. The predicted octanol–water partition coefficient (Wildman–Crippen LogP) is 1.55. The van der Waals surface area contributed by atoms with Gasteiger partial charge in [-0.3, -0.25) is 0 Å². The van der Waals surface area contributed by atoms with Gasteiger partial charge in [-0.25, -0.2) is 18.5 Å². The van der Waals surface area contributed by atoms with Gasteiger partial charge in [0.15, 0.2) is 0 Å². The Balaban J connectivity index is 2.87. The number of aromatic nitrogens is 1. The zero-order valence-electron chi connectivity index (χ0n) is 11.1. The summed E-state index contributed by atoms with van der Waals surface area (Å²) in [4.78, 5) is 5.50. The molecule has 0 unspecified atom stereocenters. The van der Waals surface area contributed by atoms with E-state index in [0.717, 1.165) is 30.1 Å². The number of thiazole rings is 1. The Morgan fingerprint density at radius 1 is 1.44 bits per heavy atom. The number of rotatable bonds is 7. The summed E-state index contributed by atoms with van der Waals surface area (Å²) < 4.78 is 22.2. The molecule has 0 fully saturated rings. The second-order valence-electron chi connectivity index (χ2n) is 4.55. The van der Waals surface area contributed by atoms with Gasteiger partial charge in [-0.1, -0.05) is 20.8 Å². The molecule has 0 aliphatic heterocycles. The molecule has 7 heteroatoms. The average Bonchev–Trinajstić information content (AvgIpc) is 2.59. The topological polar surface area (TPSA) is 85.1 Å². The van der Waals surface area contributed by atoms with Crippen LogP contribution in [0.3, 0.4) is 0 Å². The third kappa shape index (κ3) is 5.01. The Hall–Kier alpha value is -0.500. The fourth-order valence-corrected chi connectivity index (χ4v) is 3.73. The summed E-state index contributed by atoms with van der Waals surface area (Å²) in [5.74, 6) is 0.111. The number of nitrogens with one attached hydrogen (secondary N) is 1. The first-order chi connectivity index (χ1) is 8.33. The first-order valence-electron chi connectivity index (χ1n) is 6.03. The van der Waals surface area contributed by atoms with Gasteiger partial charge in [-0.05, 0) is 18.9 Å². The van der Waals surface area contributed by atoms with Crippen LogP contribution in [0, 0.1) is 0 Å². The van der Waals surface area contributed by atoms with Crippen molar-refractivity contribution >= 4 is 21.4 Å². The van der Waals surface area contributed by atoms with Gasteiger partial charge in [0.05, 0.1) is 5.69 Å². The quantitative estimate of drug-likeness (QED) is 0.746. The largest absolute Gasteiger partial charge is 0.312 e. The molecule has 0 amide bonds. The Labute approximate surface area is 113 Å². The van der Waals surface area contributed by atoms with Crippen LogP contribution in [0.2, 0.25) is 0 Å². The SMILES string of the molecule is CCCNCc1sc(CS(N)(=O)=O)nc1C(C)C. The fraction of sp³-hybridized carbons (Fsp3) is 0.727. The van der Waals surface area contributed by atoms with Crippen molar-refractivity contribution < 1.29 is 8.42 Å². The van der Waals surface area contributed by atoms with Crippen molar-refractivity contribution in [3.8, 4) is 0 Å². The Bertz CT molecular complexity index is 480. The summed E-state index contributed by atoms with van der Waals surface area (Å²) in [6.07, 6.45) is 1.07. The van der Waals surface area contributed by atoms with E-state index in [2.05, 4.69) is 31.1 Å². The highest BCUT2D eigenvalue weighted by Gasteiger charge is 2.16. The predicted molar refractivity (Wildman–Crippen MR) is 75.0 cm³/mol. The molecular weight excluding hydrogens is 270 g/mol. The highest BCUT2D eigenvalue weighted by molar-refractivity contribution is 7.88. The molecule has 5 nitrogen and oxygen atoms in total. The molecule has 0 atom stereocenters. The molecule has 0 saturated carbocycles. The Morgan fingerprint density at radius 2 is 2.11 bits per heavy atom. The molecule has 1 aromatic heterocycles. The molecule has 0 bridgehead atoms. The molecule has 0 aromatic carbocycles. The van der Waals surface area contributed by atoms with E-state index >= 15 is 0 Å². The minimum Gasteiger partial charge on any atom is -0.312 e. The van der Waals surface area contributed by atoms with E-state index in [1.807, 2.05) is 0 Å². The monoisotopic (exact) mass is 291 g/mol. The Morgan fingerprint density at radius 3 is 2.61 bits per heavy atom. The lowest BCUT2D eigenvalue weighted by Gasteiger charge is -2.05. The number of sulfonamides is 1. The molecule has 0 radical (unpaired) electrons. The number of nitrogens with zero attached hydrogens (tertiary/aromatic N) is 1. The van der Waals surface area contributed by atoms with Gasteiger partial charge in [0, 0.05) is 11.4 Å². The van der Waals surface area contributed by atoms with Crippen LogP contribution in [-0.2, 0) is 22.3 Å².